The zero-order chi connectivity index (χ0) is 15.2. The molecule has 0 aromatic heterocycles. The highest BCUT2D eigenvalue weighted by Crippen LogP contribution is 2.21. The molecule has 3 nitrogen and oxygen atoms in total. The first-order valence-electron chi connectivity index (χ1n) is 6.66. The molecule has 0 bridgehead atoms. The third-order valence-electron chi connectivity index (χ3n) is 2.93. The lowest BCUT2D eigenvalue weighted by Gasteiger charge is -2.14. The van der Waals surface area contributed by atoms with Gasteiger partial charge in [0.05, 0.1) is 12.6 Å². The monoisotopic (exact) mass is 293 g/mol. The van der Waals surface area contributed by atoms with E-state index in [9.17, 15) is 8.78 Å². The van der Waals surface area contributed by atoms with E-state index in [1.54, 1.807) is 0 Å². The molecule has 0 aliphatic rings. The molecule has 0 saturated heterocycles. The Morgan fingerprint density at radius 3 is 2.43 bits per heavy atom. The standard InChI is InChI=1S/C16H17F2NO2/c1-2-20-13-6-3-11(4-7-13)15(19)10-21-16-9-12(17)5-8-14(16)18/h3-9,15H,2,10,19H2,1H3. The van der Waals surface area contributed by atoms with Gasteiger partial charge in [0.15, 0.2) is 11.6 Å². The maximum absolute atomic E-state index is 13.4. The van der Waals surface area contributed by atoms with Crippen molar-refractivity contribution in [2.45, 2.75) is 13.0 Å². The summed E-state index contributed by atoms with van der Waals surface area (Å²) in [5.74, 6) is -0.557. The van der Waals surface area contributed by atoms with Crippen LogP contribution in [0.3, 0.4) is 0 Å². The minimum Gasteiger partial charge on any atom is -0.494 e. The van der Waals surface area contributed by atoms with E-state index >= 15 is 0 Å². The third-order valence-corrected chi connectivity index (χ3v) is 2.93. The van der Waals surface area contributed by atoms with E-state index in [0.717, 1.165) is 29.5 Å². The Labute approximate surface area is 122 Å². The van der Waals surface area contributed by atoms with Gasteiger partial charge in [0, 0.05) is 6.07 Å². The highest BCUT2D eigenvalue weighted by atomic mass is 19.1. The summed E-state index contributed by atoms with van der Waals surface area (Å²) in [4.78, 5) is 0. The lowest BCUT2D eigenvalue weighted by Crippen LogP contribution is -2.19. The maximum atomic E-state index is 13.4. The smallest absolute Gasteiger partial charge is 0.165 e. The number of nitrogens with two attached hydrogens (primary N) is 1. The van der Waals surface area contributed by atoms with Crippen LogP contribution in [0.5, 0.6) is 11.5 Å². The average Bonchev–Trinajstić information content (AvgIpc) is 2.49. The molecule has 0 fully saturated rings. The average molecular weight is 293 g/mol. The van der Waals surface area contributed by atoms with Gasteiger partial charge in [-0.3, -0.25) is 0 Å². The normalized spacial score (nSPS) is 12.0. The van der Waals surface area contributed by atoms with Crippen LogP contribution in [0.25, 0.3) is 0 Å². The summed E-state index contributed by atoms with van der Waals surface area (Å²) in [6, 6.07) is 9.87. The van der Waals surface area contributed by atoms with E-state index < -0.39 is 17.7 Å². The van der Waals surface area contributed by atoms with E-state index in [4.69, 9.17) is 15.2 Å². The number of halogens is 2. The molecule has 0 heterocycles. The van der Waals surface area contributed by atoms with Gasteiger partial charge in [-0.25, -0.2) is 8.78 Å². The van der Waals surface area contributed by atoms with Crippen molar-refractivity contribution < 1.29 is 18.3 Å². The van der Waals surface area contributed by atoms with Crippen molar-refractivity contribution in [3.63, 3.8) is 0 Å². The summed E-state index contributed by atoms with van der Waals surface area (Å²) in [7, 11) is 0. The summed E-state index contributed by atoms with van der Waals surface area (Å²) in [5, 5.41) is 0. The molecule has 2 aromatic rings. The van der Waals surface area contributed by atoms with Crippen LogP contribution >= 0.6 is 0 Å². The van der Waals surface area contributed by atoms with Gasteiger partial charge in [-0.05, 0) is 36.8 Å². The number of hydrogen-bond donors (Lipinski definition) is 1. The number of ether oxygens (including phenoxy) is 2. The molecule has 0 aliphatic carbocycles. The van der Waals surface area contributed by atoms with Crippen LogP contribution in [0.4, 0.5) is 8.78 Å². The lowest BCUT2D eigenvalue weighted by molar-refractivity contribution is 0.275. The second-order valence-corrected chi connectivity index (χ2v) is 4.49. The fourth-order valence-corrected chi connectivity index (χ4v) is 1.84. The lowest BCUT2D eigenvalue weighted by atomic mass is 10.1. The van der Waals surface area contributed by atoms with Gasteiger partial charge < -0.3 is 15.2 Å². The Bertz CT molecular complexity index is 587. The zero-order valence-electron chi connectivity index (χ0n) is 11.7. The SMILES string of the molecule is CCOc1ccc(C(N)COc2cc(F)ccc2F)cc1. The molecule has 2 rings (SSSR count). The first-order chi connectivity index (χ1) is 10.1. The van der Waals surface area contributed by atoms with Crippen molar-refractivity contribution in [2.75, 3.05) is 13.2 Å². The fourth-order valence-electron chi connectivity index (χ4n) is 1.84. The molecule has 0 aliphatic heterocycles. The van der Waals surface area contributed by atoms with Crippen LogP contribution in [-0.2, 0) is 0 Å². The van der Waals surface area contributed by atoms with E-state index in [1.165, 1.54) is 0 Å². The maximum Gasteiger partial charge on any atom is 0.165 e. The largest absolute Gasteiger partial charge is 0.494 e. The van der Waals surface area contributed by atoms with Gasteiger partial charge in [0.1, 0.15) is 18.2 Å². The molecule has 1 unspecified atom stereocenters. The van der Waals surface area contributed by atoms with Crippen LogP contribution in [-0.4, -0.2) is 13.2 Å². The number of hydrogen-bond acceptors (Lipinski definition) is 3. The molecule has 112 valence electrons. The highest BCUT2D eigenvalue weighted by molar-refractivity contribution is 5.29. The molecule has 5 heteroatoms. The van der Waals surface area contributed by atoms with Gasteiger partial charge >= 0.3 is 0 Å². The second kappa shape index (κ2) is 7.04. The highest BCUT2D eigenvalue weighted by Gasteiger charge is 2.10. The summed E-state index contributed by atoms with van der Waals surface area (Å²) in [5.41, 5.74) is 6.80. The van der Waals surface area contributed by atoms with Crippen molar-refractivity contribution >= 4 is 0 Å². The summed E-state index contributed by atoms with van der Waals surface area (Å²) >= 11 is 0. The molecule has 2 aromatic carbocycles. The van der Waals surface area contributed by atoms with Crippen molar-refractivity contribution in [3.8, 4) is 11.5 Å². The second-order valence-electron chi connectivity index (χ2n) is 4.49. The Kier molecular flexibility index (Phi) is 5.11. The molecule has 1 atom stereocenters. The molecular weight excluding hydrogens is 276 g/mol. The first kappa shape index (κ1) is 15.3. The Morgan fingerprint density at radius 1 is 1.05 bits per heavy atom. The fraction of sp³-hybridized carbons (Fsp3) is 0.250. The molecule has 21 heavy (non-hydrogen) atoms. The van der Waals surface area contributed by atoms with E-state index in [2.05, 4.69) is 0 Å². The van der Waals surface area contributed by atoms with E-state index in [-0.39, 0.29) is 12.4 Å². The number of rotatable bonds is 6. The predicted octanol–water partition coefficient (Wildman–Crippen LogP) is 3.44. The molecule has 0 spiro atoms. The van der Waals surface area contributed by atoms with Crippen LogP contribution in [0.2, 0.25) is 0 Å². The van der Waals surface area contributed by atoms with Gasteiger partial charge in [0.2, 0.25) is 0 Å². The predicted molar refractivity (Wildman–Crippen MR) is 76.4 cm³/mol. The summed E-state index contributed by atoms with van der Waals surface area (Å²) in [6.45, 7) is 2.54. The van der Waals surface area contributed by atoms with E-state index in [0.29, 0.717) is 6.61 Å². The topological polar surface area (TPSA) is 44.5 Å². The van der Waals surface area contributed by atoms with Gasteiger partial charge in [-0.1, -0.05) is 12.1 Å². The number of benzene rings is 2. The molecule has 0 amide bonds. The van der Waals surface area contributed by atoms with Crippen molar-refractivity contribution in [2.24, 2.45) is 5.73 Å². The van der Waals surface area contributed by atoms with Gasteiger partial charge in [-0.2, -0.15) is 0 Å². The summed E-state index contributed by atoms with van der Waals surface area (Å²) < 4.78 is 37.0. The molecule has 0 radical (unpaired) electrons. The molecule has 2 N–H and O–H groups in total. The van der Waals surface area contributed by atoms with Crippen LogP contribution in [0.1, 0.15) is 18.5 Å². The van der Waals surface area contributed by atoms with Crippen LogP contribution < -0.4 is 15.2 Å². The van der Waals surface area contributed by atoms with Gasteiger partial charge in [-0.15, -0.1) is 0 Å². The van der Waals surface area contributed by atoms with Gasteiger partial charge in [0.25, 0.3) is 0 Å². The quantitative estimate of drug-likeness (QED) is 0.887. The summed E-state index contributed by atoms with van der Waals surface area (Å²) in [6.07, 6.45) is 0. The third kappa shape index (κ3) is 4.16. The van der Waals surface area contributed by atoms with Crippen LogP contribution in [0.15, 0.2) is 42.5 Å². The first-order valence-corrected chi connectivity index (χ1v) is 6.66. The minimum atomic E-state index is -0.615. The zero-order valence-corrected chi connectivity index (χ0v) is 11.7. The van der Waals surface area contributed by atoms with Crippen molar-refractivity contribution in [1.82, 2.24) is 0 Å². The Balaban J connectivity index is 1.97. The minimum absolute atomic E-state index is 0.0500. The van der Waals surface area contributed by atoms with Crippen LogP contribution in [0, 0.1) is 11.6 Å². The molecule has 0 saturated carbocycles. The van der Waals surface area contributed by atoms with Crippen molar-refractivity contribution in [3.05, 3.63) is 59.7 Å². The Hall–Kier alpha value is -2.14. The Morgan fingerprint density at radius 2 is 1.76 bits per heavy atom. The molecular formula is C16H17F2NO2. The van der Waals surface area contributed by atoms with Crippen molar-refractivity contribution in [1.29, 1.82) is 0 Å². The van der Waals surface area contributed by atoms with E-state index in [1.807, 2.05) is 31.2 Å².